The second kappa shape index (κ2) is 5.99. The van der Waals surface area contributed by atoms with Crippen molar-refractivity contribution < 1.29 is 13.9 Å². The monoisotopic (exact) mass is 296 g/mol. The molecule has 0 spiro atoms. The summed E-state index contributed by atoms with van der Waals surface area (Å²) in [5.74, 6) is -0.446. The van der Waals surface area contributed by atoms with Crippen molar-refractivity contribution in [1.29, 1.82) is 0 Å². The molecule has 0 unspecified atom stereocenters. The number of hydrogen-bond donors (Lipinski definition) is 0. The Hall–Kier alpha value is -1.65. The zero-order chi connectivity index (χ0) is 13.8. The molecule has 0 amide bonds. The Morgan fingerprint density at radius 1 is 1.37 bits per heavy atom. The molecule has 2 aromatic rings. The number of hydrogen-bond acceptors (Lipinski definition) is 3. The number of carbonyl (C=O) groups is 1. The van der Waals surface area contributed by atoms with Gasteiger partial charge in [0.1, 0.15) is 0 Å². The highest BCUT2D eigenvalue weighted by atomic mass is 35.5. The summed E-state index contributed by atoms with van der Waals surface area (Å²) in [4.78, 5) is 12.3. The summed E-state index contributed by atoms with van der Waals surface area (Å²) < 4.78 is 18.8. The van der Waals surface area contributed by atoms with Gasteiger partial charge in [0.25, 0.3) is 0 Å². The van der Waals surface area contributed by atoms with Crippen LogP contribution in [0.5, 0.6) is 5.75 Å². The van der Waals surface area contributed by atoms with E-state index in [0.29, 0.717) is 14.8 Å². The summed E-state index contributed by atoms with van der Waals surface area (Å²) >= 11 is 6.97. The molecule has 1 aromatic carbocycles. The molecule has 0 fully saturated rings. The van der Waals surface area contributed by atoms with E-state index in [-0.39, 0.29) is 11.5 Å². The van der Waals surface area contributed by atoms with Crippen molar-refractivity contribution in [3.63, 3.8) is 0 Å². The number of thiophene rings is 1. The lowest BCUT2D eigenvalue weighted by Crippen LogP contribution is -1.90. The van der Waals surface area contributed by atoms with Gasteiger partial charge in [-0.25, -0.2) is 4.39 Å². The quantitative estimate of drug-likeness (QED) is 0.615. The summed E-state index contributed by atoms with van der Waals surface area (Å²) in [5, 5.41) is 0. The first kappa shape index (κ1) is 13.8. The minimum absolute atomic E-state index is 0.159. The van der Waals surface area contributed by atoms with E-state index in [4.69, 9.17) is 16.3 Å². The van der Waals surface area contributed by atoms with E-state index < -0.39 is 5.82 Å². The summed E-state index contributed by atoms with van der Waals surface area (Å²) in [7, 11) is 1.40. The average Bonchev–Trinajstić information content (AvgIpc) is 2.83. The van der Waals surface area contributed by atoms with Crippen LogP contribution in [-0.2, 0) is 0 Å². The fourth-order valence-corrected chi connectivity index (χ4v) is 2.45. The van der Waals surface area contributed by atoms with Gasteiger partial charge in [-0.1, -0.05) is 23.7 Å². The van der Waals surface area contributed by atoms with Gasteiger partial charge in [0.05, 0.1) is 16.3 Å². The Kier molecular flexibility index (Phi) is 4.35. The van der Waals surface area contributed by atoms with E-state index in [1.54, 1.807) is 24.3 Å². The van der Waals surface area contributed by atoms with Gasteiger partial charge >= 0.3 is 0 Å². The molecular formula is C14H10ClFO2S. The molecule has 0 saturated heterocycles. The van der Waals surface area contributed by atoms with Crippen LogP contribution in [0, 0.1) is 5.82 Å². The van der Waals surface area contributed by atoms with Crippen LogP contribution >= 0.6 is 22.9 Å². The maximum Gasteiger partial charge on any atom is 0.195 e. The molecule has 0 N–H and O–H groups in total. The molecule has 1 aromatic heterocycles. The summed E-state index contributed by atoms with van der Waals surface area (Å²) in [5.41, 5.74) is 0.592. The third-order valence-corrected chi connectivity index (χ3v) is 3.66. The van der Waals surface area contributed by atoms with Gasteiger partial charge in [-0.15, -0.1) is 11.3 Å². The van der Waals surface area contributed by atoms with Crippen molar-refractivity contribution in [3.8, 4) is 5.75 Å². The first-order chi connectivity index (χ1) is 9.10. The highest BCUT2D eigenvalue weighted by Gasteiger charge is 2.05. The number of rotatable bonds is 4. The maximum atomic E-state index is 13.4. The molecule has 0 aliphatic carbocycles. The highest BCUT2D eigenvalue weighted by Crippen LogP contribution is 2.23. The van der Waals surface area contributed by atoms with Gasteiger partial charge in [0, 0.05) is 0 Å². The molecule has 0 bridgehead atoms. The van der Waals surface area contributed by atoms with Crippen LogP contribution in [0.3, 0.4) is 0 Å². The van der Waals surface area contributed by atoms with E-state index in [1.165, 1.54) is 36.7 Å². The molecule has 0 radical (unpaired) electrons. The van der Waals surface area contributed by atoms with Crippen LogP contribution in [-0.4, -0.2) is 12.9 Å². The lowest BCUT2D eigenvalue weighted by Gasteiger charge is -2.01. The number of benzene rings is 1. The number of ketones is 1. The van der Waals surface area contributed by atoms with Gasteiger partial charge in [0.2, 0.25) is 0 Å². The zero-order valence-corrected chi connectivity index (χ0v) is 11.6. The molecule has 0 saturated carbocycles. The molecule has 0 aliphatic rings. The number of carbonyl (C=O) groups excluding carboxylic acids is 1. The van der Waals surface area contributed by atoms with Crippen molar-refractivity contribution in [2.45, 2.75) is 0 Å². The fraction of sp³-hybridized carbons (Fsp3) is 0.0714. The Labute approximate surface area is 119 Å². The van der Waals surface area contributed by atoms with Crippen LogP contribution in [0.1, 0.15) is 15.2 Å². The number of methoxy groups -OCH3 is 1. The molecule has 98 valence electrons. The SMILES string of the molecule is COc1ccc(/C=C/C(=O)c2ccc(Cl)s2)cc1F. The molecule has 2 nitrogen and oxygen atoms in total. The summed E-state index contributed by atoms with van der Waals surface area (Å²) in [6, 6.07) is 7.83. The Bertz CT molecular complexity index is 634. The number of halogens is 2. The lowest BCUT2D eigenvalue weighted by atomic mass is 10.1. The van der Waals surface area contributed by atoms with Crippen LogP contribution in [0.15, 0.2) is 36.4 Å². The standard InChI is InChI=1S/C14H10ClFO2S/c1-18-12-5-3-9(8-10(12)16)2-4-11(17)13-6-7-14(15)19-13/h2-8H,1H3/b4-2+. The van der Waals surface area contributed by atoms with Gasteiger partial charge in [-0.3, -0.25) is 4.79 Å². The summed E-state index contributed by atoms with van der Waals surface area (Å²) in [6.45, 7) is 0. The van der Waals surface area contributed by atoms with Crippen LogP contribution in [0.4, 0.5) is 4.39 Å². The lowest BCUT2D eigenvalue weighted by molar-refractivity contribution is 0.105. The van der Waals surface area contributed by atoms with Crippen molar-refractivity contribution in [2.24, 2.45) is 0 Å². The third kappa shape index (κ3) is 3.43. The second-order valence-electron chi connectivity index (χ2n) is 3.70. The normalized spacial score (nSPS) is 10.9. The number of allylic oxidation sites excluding steroid dienone is 1. The van der Waals surface area contributed by atoms with E-state index in [2.05, 4.69) is 0 Å². The van der Waals surface area contributed by atoms with Gasteiger partial charge in [-0.2, -0.15) is 0 Å². The average molecular weight is 297 g/mol. The van der Waals surface area contributed by atoms with Crippen molar-refractivity contribution in [1.82, 2.24) is 0 Å². The first-order valence-corrected chi connectivity index (χ1v) is 6.61. The van der Waals surface area contributed by atoms with Crippen molar-refractivity contribution in [3.05, 3.63) is 57.0 Å². The number of ether oxygens (including phenoxy) is 1. The molecule has 2 rings (SSSR count). The smallest absolute Gasteiger partial charge is 0.195 e. The van der Waals surface area contributed by atoms with Crippen molar-refractivity contribution in [2.75, 3.05) is 7.11 Å². The minimum atomic E-state index is -0.462. The third-order valence-electron chi connectivity index (χ3n) is 2.42. The van der Waals surface area contributed by atoms with E-state index in [1.807, 2.05) is 0 Å². The molecule has 1 heterocycles. The zero-order valence-electron chi connectivity index (χ0n) is 10.0. The fourth-order valence-electron chi connectivity index (χ4n) is 1.49. The predicted octanol–water partition coefficient (Wildman–Crippen LogP) is 4.45. The second-order valence-corrected chi connectivity index (χ2v) is 5.41. The maximum absolute atomic E-state index is 13.4. The highest BCUT2D eigenvalue weighted by molar-refractivity contribution is 7.18. The van der Waals surface area contributed by atoms with Crippen molar-refractivity contribution >= 4 is 34.8 Å². The summed E-state index contributed by atoms with van der Waals surface area (Å²) in [6.07, 6.45) is 2.95. The van der Waals surface area contributed by atoms with Crippen LogP contribution < -0.4 is 4.74 Å². The first-order valence-electron chi connectivity index (χ1n) is 5.41. The molecule has 19 heavy (non-hydrogen) atoms. The Morgan fingerprint density at radius 2 is 2.16 bits per heavy atom. The molecule has 0 aliphatic heterocycles. The predicted molar refractivity (Wildman–Crippen MR) is 75.6 cm³/mol. The molecule has 0 atom stereocenters. The Balaban J connectivity index is 2.14. The molecular weight excluding hydrogens is 287 g/mol. The van der Waals surface area contributed by atoms with Crippen LogP contribution in [0.25, 0.3) is 6.08 Å². The Morgan fingerprint density at radius 3 is 2.74 bits per heavy atom. The minimum Gasteiger partial charge on any atom is -0.494 e. The van der Waals surface area contributed by atoms with Gasteiger partial charge in [-0.05, 0) is 35.9 Å². The van der Waals surface area contributed by atoms with Gasteiger partial charge < -0.3 is 4.74 Å². The largest absolute Gasteiger partial charge is 0.494 e. The topological polar surface area (TPSA) is 26.3 Å². The van der Waals surface area contributed by atoms with E-state index in [0.717, 1.165) is 0 Å². The van der Waals surface area contributed by atoms with Gasteiger partial charge in [0.15, 0.2) is 17.3 Å². The molecule has 5 heteroatoms. The van der Waals surface area contributed by atoms with E-state index >= 15 is 0 Å². The van der Waals surface area contributed by atoms with E-state index in [9.17, 15) is 9.18 Å². The van der Waals surface area contributed by atoms with Crippen LogP contribution in [0.2, 0.25) is 4.34 Å².